The lowest BCUT2D eigenvalue weighted by Gasteiger charge is -2.25. The molecule has 0 radical (unpaired) electrons. The molecule has 0 atom stereocenters. The standard InChI is InChI=1S/C30H15N3O3S3/c34-25-19-7-1-4-10-22(19)28(37)31(25)16-13-17(32-26(35)20-8-2-5-11-23(20)29(32)38)15-18(14-16)33-27(36)21-9-3-6-12-24(21)30(33)39/h1-15H. The van der Waals surface area contributed by atoms with Gasteiger partial charge in [-0.05, 0) is 36.4 Å². The van der Waals surface area contributed by atoms with Gasteiger partial charge in [-0.25, -0.2) is 0 Å². The third-order valence-corrected chi connectivity index (χ3v) is 8.25. The number of rotatable bonds is 3. The molecule has 186 valence electrons. The van der Waals surface area contributed by atoms with Gasteiger partial charge in [0.1, 0.15) is 15.0 Å². The highest BCUT2D eigenvalue weighted by molar-refractivity contribution is 7.81. The molecule has 4 aromatic rings. The van der Waals surface area contributed by atoms with Crippen LogP contribution in [0.1, 0.15) is 47.8 Å². The van der Waals surface area contributed by atoms with Crippen molar-refractivity contribution < 1.29 is 14.4 Å². The van der Waals surface area contributed by atoms with Crippen molar-refractivity contribution in [2.45, 2.75) is 0 Å². The fourth-order valence-corrected chi connectivity index (χ4v) is 6.34. The third kappa shape index (κ3) is 3.31. The molecule has 7 rings (SSSR count). The van der Waals surface area contributed by atoms with Gasteiger partial charge in [0, 0.05) is 16.7 Å². The van der Waals surface area contributed by atoms with Crippen molar-refractivity contribution in [1.29, 1.82) is 0 Å². The molecule has 0 unspecified atom stereocenters. The SMILES string of the molecule is O=C1c2ccccc2C(=S)N1c1cc(N2C(=O)c3ccccc3C2=S)cc(N2C(=O)c3ccccc3C2=S)c1. The number of thiocarbonyl (C=S) groups is 3. The van der Waals surface area contributed by atoms with E-state index >= 15 is 0 Å². The van der Waals surface area contributed by atoms with Crippen LogP contribution in [-0.4, -0.2) is 32.7 Å². The summed E-state index contributed by atoms with van der Waals surface area (Å²) in [5, 5.41) is 0. The predicted octanol–water partition coefficient (Wildman–Crippen LogP) is 5.69. The Morgan fingerprint density at radius 1 is 0.385 bits per heavy atom. The molecular formula is C30H15N3O3S3. The monoisotopic (exact) mass is 561 g/mol. The quantitative estimate of drug-likeness (QED) is 0.300. The second-order valence-electron chi connectivity index (χ2n) is 9.18. The number of fused-ring (bicyclic) bond motifs is 3. The number of nitrogens with zero attached hydrogens (tertiary/aromatic N) is 3. The summed E-state index contributed by atoms with van der Waals surface area (Å²) in [6, 6.07) is 26.4. The third-order valence-electron chi connectivity index (χ3n) is 7.04. The molecule has 39 heavy (non-hydrogen) atoms. The van der Waals surface area contributed by atoms with Gasteiger partial charge in [0.25, 0.3) is 17.7 Å². The highest BCUT2D eigenvalue weighted by atomic mass is 32.1. The first-order valence-corrected chi connectivity index (χ1v) is 13.2. The van der Waals surface area contributed by atoms with Crippen molar-refractivity contribution in [2.75, 3.05) is 14.7 Å². The lowest BCUT2D eigenvalue weighted by Crippen LogP contribution is -2.33. The molecule has 4 aromatic carbocycles. The molecule has 3 aliphatic heterocycles. The average Bonchev–Trinajstić information content (AvgIpc) is 3.48. The van der Waals surface area contributed by atoms with Gasteiger partial charge >= 0.3 is 0 Å². The van der Waals surface area contributed by atoms with Gasteiger partial charge in [0.2, 0.25) is 0 Å². The van der Waals surface area contributed by atoms with E-state index in [9.17, 15) is 14.4 Å². The Hall–Kier alpha value is -4.44. The van der Waals surface area contributed by atoms with Crippen molar-refractivity contribution >= 4 is 86.4 Å². The molecule has 9 heteroatoms. The van der Waals surface area contributed by atoms with Crippen LogP contribution < -0.4 is 14.7 Å². The first kappa shape index (κ1) is 23.7. The smallest absolute Gasteiger partial charge is 0.264 e. The van der Waals surface area contributed by atoms with E-state index in [1.807, 2.05) is 18.2 Å². The topological polar surface area (TPSA) is 60.9 Å². The average molecular weight is 562 g/mol. The molecule has 0 N–H and O–H groups in total. The minimum absolute atomic E-state index is 0.295. The van der Waals surface area contributed by atoms with E-state index < -0.39 is 0 Å². The summed E-state index contributed by atoms with van der Waals surface area (Å²) in [5.41, 5.74) is 4.56. The number of carbonyl (C=O) groups is 3. The summed E-state index contributed by atoms with van der Waals surface area (Å²) >= 11 is 17.1. The van der Waals surface area contributed by atoms with Gasteiger partial charge in [0.05, 0.1) is 33.8 Å². The number of hydrogen-bond donors (Lipinski definition) is 0. The molecule has 0 spiro atoms. The molecule has 3 amide bonds. The minimum Gasteiger partial charge on any atom is -0.268 e. The van der Waals surface area contributed by atoms with Gasteiger partial charge in [0.15, 0.2) is 0 Å². The molecule has 3 aliphatic rings. The number of carbonyl (C=O) groups excluding carboxylic acids is 3. The van der Waals surface area contributed by atoms with E-state index in [-0.39, 0.29) is 17.7 Å². The summed E-state index contributed by atoms with van der Waals surface area (Å²) in [4.78, 5) is 45.8. The lowest BCUT2D eigenvalue weighted by molar-refractivity contribution is 0.100. The number of benzene rings is 4. The van der Waals surface area contributed by atoms with E-state index in [2.05, 4.69) is 0 Å². The van der Waals surface area contributed by atoms with Crippen LogP contribution in [0.25, 0.3) is 0 Å². The maximum absolute atomic E-state index is 13.5. The van der Waals surface area contributed by atoms with Crippen LogP contribution in [0.3, 0.4) is 0 Å². The minimum atomic E-state index is -0.295. The highest BCUT2D eigenvalue weighted by Gasteiger charge is 2.39. The molecule has 6 nitrogen and oxygen atoms in total. The van der Waals surface area contributed by atoms with E-state index in [1.54, 1.807) is 72.8 Å². The zero-order valence-electron chi connectivity index (χ0n) is 20.0. The maximum atomic E-state index is 13.5. The normalized spacial score (nSPS) is 15.8. The first-order valence-electron chi connectivity index (χ1n) is 12.0. The van der Waals surface area contributed by atoms with Crippen LogP contribution in [0.5, 0.6) is 0 Å². The van der Waals surface area contributed by atoms with Gasteiger partial charge in [-0.15, -0.1) is 0 Å². The lowest BCUT2D eigenvalue weighted by atomic mass is 10.1. The van der Waals surface area contributed by atoms with Crippen molar-refractivity contribution in [2.24, 2.45) is 0 Å². The molecule has 3 heterocycles. The zero-order chi connectivity index (χ0) is 27.0. The summed E-state index contributed by atoms with van der Waals surface area (Å²) < 4.78 is 0. The van der Waals surface area contributed by atoms with Gasteiger partial charge in [-0.3, -0.25) is 29.1 Å². The Morgan fingerprint density at radius 3 is 0.846 bits per heavy atom. The summed E-state index contributed by atoms with van der Waals surface area (Å²) in [6.45, 7) is 0. The zero-order valence-corrected chi connectivity index (χ0v) is 22.4. The molecule has 0 fully saturated rings. The Kier molecular flexibility index (Phi) is 5.18. The van der Waals surface area contributed by atoms with Crippen LogP contribution in [0.2, 0.25) is 0 Å². The number of anilines is 3. The summed E-state index contributed by atoms with van der Waals surface area (Å²) in [7, 11) is 0. The fraction of sp³-hybridized carbons (Fsp3) is 0. The molecule has 0 saturated carbocycles. The van der Waals surface area contributed by atoms with E-state index in [1.165, 1.54) is 14.7 Å². The van der Waals surface area contributed by atoms with Crippen LogP contribution in [0.4, 0.5) is 17.1 Å². The van der Waals surface area contributed by atoms with Gasteiger partial charge in [-0.1, -0.05) is 91.3 Å². The highest BCUT2D eigenvalue weighted by Crippen LogP contribution is 2.40. The Morgan fingerprint density at radius 2 is 0.615 bits per heavy atom. The van der Waals surface area contributed by atoms with E-state index in [0.29, 0.717) is 65.4 Å². The maximum Gasteiger partial charge on any atom is 0.264 e. The first-order chi connectivity index (χ1) is 18.9. The van der Waals surface area contributed by atoms with Crippen molar-refractivity contribution in [1.82, 2.24) is 0 Å². The van der Waals surface area contributed by atoms with Crippen molar-refractivity contribution in [3.05, 3.63) is 124 Å². The molecule has 0 aliphatic carbocycles. The molecule has 0 aromatic heterocycles. The van der Waals surface area contributed by atoms with Crippen LogP contribution in [0, 0.1) is 0 Å². The molecule has 0 bridgehead atoms. The van der Waals surface area contributed by atoms with Gasteiger partial charge in [-0.2, -0.15) is 0 Å². The van der Waals surface area contributed by atoms with E-state index in [0.717, 1.165) is 0 Å². The van der Waals surface area contributed by atoms with E-state index in [4.69, 9.17) is 36.7 Å². The second kappa shape index (κ2) is 8.54. The Labute approximate surface area is 239 Å². The van der Waals surface area contributed by atoms with Gasteiger partial charge < -0.3 is 0 Å². The largest absolute Gasteiger partial charge is 0.268 e. The predicted molar refractivity (Wildman–Crippen MR) is 161 cm³/mol. The van der Waals surface area contributed by atoms with Crippen LogP contribution in [-0.2, 0) is 0 Å². The van der Waals surface area contributed by atoms with Crippen molar-refractivity contribution in [3.8, 4) is 0 Å². The van der Waals surface area contributed by atoms with Crippen LogP contribution >= 0.6 is 36.7 Å². The Balaban J connectivity index is 1.41. The van der Waals surface area contributed by atoms with Crippen LogP contribution in [0.15, 0.2) is 91.0 Å². The number of amides is 3. The summed E-state index contributed by atoms with van der Waals surface area (Å²) in [5.74, 6) is -0.886. The Bertz CT molecular complexity index is 1530. The molecular weight excluding hydrogens is 547 g/mol. The molecule has 0 saturated heterocycles. The van der Waals surface area contributed by atoms with Crippen molar-refractivity contribution in [3.63, 3.8) is 0 Å². The number of hydrogen-bond acceptors (Lipinski definition) is 6. The summed E-state index contributed by atoms with van der Waals surface area (Å²) in [6.07, 6.45) is 0. The second-order valence-corrected chi connectivity index (χ2v) is 10.3. The fourth-order valence-electron chi connectivity index (χ4n) is 5.24.